The second kappa shape index (κ2) is 49.2. The molecule has 3 rings (SSSR count). The van der Waals surface area contributed by atoms with Crippen molar-refractivity contribution < 1.29 is 108 Å². The Bertz CT molecular complexity index is 1970. The molecule has 532 valence electrons. The Morgan fingerprint density at radius 3 is 1.20 bits per heavy atom. The van der Waals surface area contributed by atoms with Gasteiger partial charge in [-0.2, -0.15) is 0 Å². The van der Waals surface area contributed by atoms with E-state index in [1.165, 1.54) is 0 Å². The van der Waals surface area contributed by atoms with Gasteiger partial charge < -0.3 is 100 Å². The third kappa shape index (κ3) is 34.2. The molecule has 3 aliphatic rings. The van der Waals surface area contributed by atoms with Crippen molar-refractivity contribution in [3.8, 4) is 0 Å². The summed E-state index contributed by atoms with van der Waals surface area (Å²) >= 11 is 0. The number of hydrogen-bond acceptors (Lipinski definition) is 22. The van der Waals surface area contributed by atoms with Crippen LogP contribution in [0, 0.1) is 29.6 Å². The molecule has 13 N–H and O–H groups in total. The molecule has 0 aromatic carbocycles. The van der Waals surface area contributed by atoms with E-state index in [0.717, 1.165) is 5.92 Å². The van der Waals surface area contributed by atoms with Crippen molar-refractivity contribution in [1.82, 2.24) is 21.3 Å². The summed E-state index contributed by atoms with van der Waals surface area (Å²) in [6.07, 6.45) is -1.03. The Balaban J connectivity index is 0.00000683. The summed E-state index contributed by atoms with van der Waals surface area (Å²) in [6.45, 7) is 12.4. The topological polar surface area (TPSA) is 397 Å². The molecule has 3 saturated heterocycles. The zero-order valence-corrected chi connectivity index (χ0v) is 55.8. The number of carbonyl (C=O) groups is 6. The van der Waals surface area contributed by atoms with Crippen molar-refractivity contribution in [2.75, 3.05) is 73.0 Å². The van der Waals surface area contributed by atoms with E-state index in [-0.39, 0.29) is 73.9 Å². The molecule has 17 atom stereocenters. The number of methoxy groups -OCH3 is 1. The highest BCUT2D eigenvalue weighted by Crippen LogP contribution is 2.30. The van der Waals surface area contributed by atoms with Crippen molar-refractivity contribution in [2.24, 2.45) is 29.6 Å². The number of nitrogens with one attached hydrogen (secondary N) is 4. The maximum absolute atomic E-state index is 14.3. The van der Waals surface area contributed by atoms with Crippen LogP contribution < -0.4 is 21.3 Å². The molecule has 3 aliphatic heterocycles. The molecule has 0 spiro atoms. The van der Waals surface area contributed by atoms with Gasteiger partial charge in [0.05, 0.1) is 50.8 Å². The standard InChI is InChI=1S/C61H110N4O22.C4H10/c1-39-52(74)55(77)46(36-66)85-59(39)82-31-18-6-10-24-49(71)62-28-16-13-21-42(58(80)64-30-15-5-9-22-43(69)27-34-81-4)35-45(70)44(65-51(73)26-12-8-20-33-84-61-41(3)54(76)57(79)48(38-68)87-61)23-14-17-29-63-50(72)25-11-7-19-32-83-60-40(2)53(75)56(78)47(37-67)86-60;1-4(2)3/h39-42,44,46-48,52-57,59-61,66-68,74-79H,5-38H2,1-4H3,(H,62,71)(H,63,72)(H,64,80)(H,65,73);4H,1-3H3/t39?,40?,41?,42?,44?,46?,47?,48?,52-,53-,54-,55+,56+,57+,59-,60-,61-;/m1./s1. The van der Waals surface area contributed by atoms with Gasteiger partial charge >= 0.3 is 0 Å². The number of Topliss-reactive ketones (excluding diaryl/α,β-unsaturated/α-hetero) is 2. The first-order chi connectivity index (χ1) is 43.5. The van der Waals surface area contributed by atoms with Crippen molar-refractivity contribution in [2.45, 2.75) is 275 Å². The van der Waals surface area contributed by atoms with E-state index in [9.17, 15) is 74.7 Å². The summed E-state index contributed by atoms with van der Waals surface area (Å²) in [5.41, 5.74) is 0. The van der Waals surface area contributed by atoms with E-state index in [0.29, 0.717) is 161 Å². The van der Waals surface area contributed by atoms with Crippen molar-refractivity contribution >= 4 is 35.2 Å². The van der Waals surface area contributed by atoms with Crippen LogP contribution in [0.5, 0.6) is 0 Å². The normalized spacial score (nSPS) is 27.3. The van der Waals surface area contributed by atoms with Crippen LogP contribution in [0.4, 0.5) is 0 Å². The third-order valence-corrected chi connectivity index (χ3v) is 16.7. The number of ketones is 2. The zero-order valence-electron chi connectivity index (χ0n) is 55.8. The molecule has 0 aromatic heterocycles. The number of carbonyl (C=O) groups excluding carboxylic acids is 6. The second-order valence-corrected chi connectivity index (χ2v) is 25.5. The Labute approximate surface area is 540 Å². The predicted octanol–water partition coefficient (Wildman–Crippen LogP) is 2.52. The van der Waals surface area contributed by atoms with Crippen LogP contribution in [0.25, 0.3) is 0 Å². The molecule has 0 saturated carbocycles. The fourth-order valence-electron chi connectivity index (χ4n) is 10.8. The first kappa shape index (κ1) is 83.7. The van der Waals surface area contributed by atoms with Crippen LogP contribution in [0.15, 0.2) is 0 Å². The summed E-state index contributed by atoms with van der Waals surface area (Å²) in [6, 6.07) is -0.920. The van der Waals surface area contributed by atoms with Gasteiger partial charge in [0.1, 0.15) is 42.4 Å². The number of aliphatic hydroxyl groups is 9. The molecule has 3 heterocycles. The van der Waals surface area contributed by atoms with Gasteiger partial charge in [0.2, 0.25) is 23.6 Å². The maximum Gasteiger partial charge on any atom is 0.223 e. The van der Waals surface area contributed by atoms with Crippen LogP contribution in [-0.2, 0) is 61.9 Å². The van der Waals surface area contributed by atoms with E-state index < -0.39 is 123 Å². The van der Waals surface area contributed by atoms with Crippen molar-refractivity contribution in [3.63, 3.8) is 0 Å². The Kier molecular flexibility index (Phi) is 45.2. The Morgan fingerprint density at radius 1 is 0.429 bits per heavy atom. The lowest BCUT2D eigenvalue weighted by molar-refractivity contribution is -0.282. The molecule has 26 nitrogen and oxygen atoms in total. The minimum absolute atomic E-state index is 0.104. The average molecular weight is 1310 g/mol. The first-order valence-corrected chi connectivity index (χ1v) is 33.9. The summed E-state index contributed by atoms with van der Waals surface area (Å²) in [5.74, 6) is -2.59. The van der Waals surface area contributed by atoms with E-state index in [1.54, 1.807) is 27.9 Å². The van der Waals surface area contributed by atoms with Crippen molar-refractivity contribution in [1.29, 1.82) is 0 Å². The molecular formula is C65H120N4O22. The van der Waals surface area contributed by atoms with E-state index in [4.69, 9.17) is 33.2 Å². The summed E-state index contributed by atoms with van der Waals surface area (Å²) in [7, 11) is 1.54. The monoisotopic (exact) mass is 1310 g/mol. The number of aliphatic hydroxyl groups excluding tert-OH is 9. The lowest BCUT2D eigenvalue weighted by atomic mass is 9.91. The largest absolute Gasteiger partial charge is 0.394 e. The minimum Gasteiger partial charge on any atom is -0.394 e. The SMILES string of the molecule is CC(C)C.COCCC(=O)CCCCCNC(=O)C(CCCCNC(=O)CCCCCO[C@@H]1OC(CO)[C@H](O)[C@H](O)C1C)CC(=O)C(CCCCNC(=O)CCCCCO[C@@H]1OC(CO)[C@H](O)[C@H](O)C1C)NC(=O)CCCCCO[C@@H]1OC(CO)[C@H](O)[C@H](O)C1C. The molecule has 0 radical (unpaired) electrons. The smallest absolute Gasteiger partial charge is 0.223 e. The molecule has 0 aromatic rings. The highest BCUT2D eigenvalue weighted by Gasteiger charge is 2.45. The fourth-order valence-corrected chi connectivity index (χ4v) is 10.8. The lowest BCUT2D eigenvalue weighted by Crippen LogP contribution is -2.55. The number of hydrogen-bond donors (Lipinski definition) is 13. The summed E-state index contributed by atoms with van der Waals surface area (Å²) < 4.78 is 39.2. The van der Waals surface area contributed by atoms with Gasteiger partial charge in [-0.1, -0.05) is 73.6 Å². The first-order valence-electron chi connectivity index (χ1n) is 33.9. The van der Waals surface area contributed by atoms with Crippen LogP contribution in [0.3, 0.4) is 0 Å². The Hall–Kier alpha value is -3.42. The van der Waals surface area contributed by atoms with Gasteiger partial charge in [0.15, 0.2) is 24.7 Å². The molecule has 4 amide bonds. The Morgan fingerprint density at radius 2 is 0.791 bits per heavy atom. The summed E-state index contributed by atoms with van der Waals surface area (Å²) in [4.78, 5) is 79.3. The minimum atomic E-state index is -1.24. The molecule has 26 heteroatoms. The maximum atomic E-state index is 14.3. The molecular weight excluding hydrogens is 1190 g/mol. The molecule has 0 bridgehead atoms. The zero-order chi connectivity index (χ0) is 67.7. The molecule has 91 heavy (non-hydrogen) atoms. The van der Waals surface area contributed by atoms with Gasteiger partial charge in [-0.15, -0.1) is 0 Å². The van der Waals surface area contributed by atoms with Gasteiger partial charge in [-0.05, 0) is 89.4 Å². The van der Waals surface area contributed by atoms with Gasteiger partial charge in [-0.25, -0.2) is 0 Å². The number of ether oxygens (including phenoxy) is 7. The van der Waals surface area contributed by atoms with E-state index >= 15 is 0 Å². The van der Waals surface area contributed by atoms with E-state index in [2.05, 4.69) is 42.0 Å². The van der Waals surface area contributed by atoms with Crippen LogP contribution >= 0.6 is 0 Å². The van der Waals surface area contributed by atoms with Crippen LogP contribution in [0.2, 0.25) is 0 Å². The van der Waals surface area contributed by atoms with Crippen molar-refractivity contribution in [3.05, 3.63) is 0 Å². The number of unbranched alkanes of at least 4 members (excludes halogenated alkanes) is 10. The highest BCUT2D eigenvalue weighted by molar-refractivity contribution is 5.92. The average Bonchev–Trinajstić information content (AvgIpc) is 1.22. The van der Waals surface area contributed by atoms with Crippen LogP contribution in [0.1, 0.15) is 196 Å². The summed E-state index contributed by atoms with van der Waals surface area (Å²) in [5, 5.41) is 102. The molecule has 0 aliphatic carbocycles. The number of rotatable bonds is 48. The predicted molar refractivity (Wildman–Crippen MR) is 336 cm³/mol. The van der Waals surface area contributed by atoms with Gasteiger partial charge in [0.25, 0.3) is 0 Å². The second-order valence-electron chi connectivity index (χ2n) is 25.5. The molecule has 8 unspecified atom stereocenters. The molecule has 3 fully saturated rings. The quantitative estimate of drug-likeness (QED) is 0.0389. The van der Waals surface area contributed by atoms with Gasteiger partial charge in [-0.3, -0.25) is 28.8 Å². The lowest BCUT2D eigenvalue weighted by Gasteiger charge is -2.40. The highest BCUT2D eigenvalue weighted by atomic mass is 16.7. The van der Waals surface area contributed by atoms with Crippen LogP contribution in [-0.4, -0.2) is 234 Å². The third-order valence-electron chi connectivity index (χ3n) is 16.7. The number of amides is 4. The fraction of sp³-hybridized carbons (Fsp3) is 0.908. The van der Waals surface area contributed by atoms with Gasteiger partial charge in [0, 0.05) is 109 Å². The van der Waals surface area contributed by atoms with E-state index in [1.807, 2.05) is 0 Å².